The highest BCUT2D eigenvalue weighted by Gasteiger charge is 2.13. The molecule has 0 aliphatic carbocycles. The Hall–Kier alpha value is -2.10. The Balaban J connectivity index is 0.00000289. The van der Waals surface area contributed by atoms with Crippen molar-refractivity contribution in [1.29, 1.82) is 0 Å². The van der Waals surface area contributed by atoms with E-state index in [1.807, 2.05) is 7.05 Å². The summed E-state index contributed by atoms with van der Waals surface area (Å²) in [5, 5.41) is 8.15. The normalized spacial score (nSPS) is 15.5. The molecule has 2 heterocycles. The molecule has 1 fully saturated rings. The number of rotatable bonds is 7. The number of benzene rings is 2. The molecule has 4 rings (SSSR count). The average molecular weight is 547 g/mol. The minimum atomic E-state index is 0. The van der Waals surface area contributed by atoms with E-state index < -0.39 is 0 Å². The third-order valence-electron chi connectivity index (χ3n) is 6.07. The SMILES string of the molecule is CN=C(NCCc1c[nH]c2ccccc12)NCc1ccc(CN2CCN(C)CC2)cc1.I. The minimum absolute atomic E-state index is 0. The fourth-order valence-corrected chi connectivity index (χ4v) is 4.09. The number of para-hydroxylation sites is 1. The number of nitrogens with zero attached hydrogens (tertiary/aromatic N) is 3. The zero-order valence-electron chi connectivity index (χ0n) is 19.1. The molecule has 32 heavy (non-hydrogen) atoms. The van der Waals surface area contributed by atoms with Crippen LogP contribution in [0, 0.1) is 0 Å². The summed E-state index contributed by atoms with van der Waals surface area (Å²) in [4.78, 5) is 12.6. The van der Waals surface area contributed by atoms with Crippen LogP contribution in [0.25, 0.3) is 10.9 Å². The number of likely N-dealkylation sites (N-methyl/N-ethyl adjacent to an activating group) is 1. The standard InChI is InChI=1S/C25H34N6.HI/c1-26-25(27-12-11-22-18-28-24-6-4-3-5-23(22)24)29-17-20-7-9-21(10-8-20)19-31-15-13-30(2)14-16-31;/h3-10,18,28H,11-17,19H2,1-2H3,(H2,26,27,29);1H. The number of H-pyrrole nitrogens is 1. The molecule has 3 aromatic rings. The van der Waals surface area contributed by atoms with Gasteiger partial charge in [-0.3, -0.25) is 9.89 Å². The second-order valence-corrected chi connectivity index (χ2v) is 8.36. The zero-order valence-corrected chi connectivity index (χ0v) is 21.4. The van der Waals surface area contributed by atoms with Gasteiger partial charge in [0, 0.05) is 70.0 Å². The lowest BCUT2D eigenvalue weighted by molar-refractivity contribution is 0.148. The average Bonchev–Trinajstić information content (AvgIpc) is 3.22. The zero-order chi connectivity index (χ0) is 21.5. The molecule has 3 N–H and O–H groups in total. The van der Waals surface area contributed by atoms with E-state index in [-0.39, 0.29) is 24.0 Å². The maximum Gasteiger partial charge on any atom is 0.191 e. The lowest BCUT2D eigenvalue weighted by atomic mass is 10.1. The predicted molar refractivity (Wildman–Crippen MR) is 145 cm³/mol. The number of guanidine groups is 1. The van der Waals surface area contributed by atoms with Gasteiger partial charge in [0.15, 0.2) is 5.96 Å². The van der Waals surface area contributed by atoms with Gasteiger partial charge in [0.1, 0.15) is 0 Å². The van der Waals surface area contributed by atoms with E-state index in [0.29, 0.717) is 0 Å². The van der Waals surface area contributed by atoms with Crippen molar-refractivity contribution in [2.24, 2.45) is 4.99 Å². The van der Waals surface area contributed by atoms with Gasteiger partial charge in [-0.2, -0.15) is 0 Å². The lowest BCUT2D eigenvalue weighted by Gasteiger charge is -2.32. The van der Waals surface area contributed by atoms with Crippen LogP contribution in [0.15, 0.2) is 59.7 Å². The molecule has 0 atom stereocenters. The van der Waals surface area contributed by atoms with Gasteiger partial charge in [0.2, 0.25) is 0 Å². The largest absolute Gasteiger partial charge is 0.361 e. The third-order valence-corrected chi connectivity index (χ3v) is 6.07. The summed E-state index contributed by atoms with van der Waals surface area (Å²) in [7, 11) is 4.02. The first-order valence-corrected chi connectivity index (χ1v) is 11.2. The van der Waals surface area contributed by atoms with E-state index in [4.69, 9.17) is 0 Å². The van der Waals surface area contributed by atoms with Crippen LogP contribution >= 0.6 is 24.0 Å². The molecule has 0 radical (unpaired) electrons. The molecule has 0 unspecified atom stereocenters. The molecule has 0 bridgehead atoms. The summed E-state index contributed by atoms with van der Waals surface area (Å²) in [6.07, 6.45) is 3.05. The van der Waals surface area contributed by atoms with Crippen molar-refractivity contribution in [3.63, 3.8) is 0 Å². The Bertz CT molecular complexity index is 989. The van der Waals surface area contributed by atoms with Crippen molar-refractivity contribution in [2.45, 2.75) is 19.5 Å². The van der Waals surface area contributed by atoms with Crippen molar-refractivity contribution in [3.8, 4) is 0 Å². The fourth-order valence-electron chi connectivity index (χ4n) is 4.09. The second-order valence-electron chi connectivity index (χ2n) is 8.36. The van der Waals surface area contributed by atoms with Gasteiger partial charge in [-0.25, -0.2) is 0 Å². The van der Waals surface area contributed by atoms with E-state index in [2.05, 4.69) is 92.2 Å². The van der Waals surface area contributed by atoms with Gasteiger partial charge in [-0.05, 0) is 36.2 Å². The number of piperazine rings is 1. The van der Waals surface area contributed by atoms with Crippen molar-refractivity contribution in [1.82, 2.24) is 25.4 Å². The molecule has 0 amide bonds. The van der Waals surface area contributed by atoms with Crippen LogP contribution in [-0.2, 0) is 19.5 Å². The van der Waals surface area contributed by atoms with Gasteiger partial charge in [0.05, 0.1) is 0 Å². The Kier molecular flexibility index (Phi) is 9.37. The Morgan fingerprint density at radius 3 is 2.44 bits per heavy atom. The molecule has 1 aliphatic heterocycles. The van der Waals surface area contributed by atoms with Crippen LogP contribution in [0.3, 0.4) is 0 Å². The smallest absolute Gasteiger partial charge is 0.191 e. The van der Waals surface area contributed by atoms with Gasteiger partial charge in [0.25, 0.3) is 0 Å². The molecule has 7 heteroatoms. The summed E-state index contributed by atoms with van der Waals surface area (Å²) in [6, 6.07) is 17.4. The molecule has 1 aliphatic rings. The summed E-state index contributed by atoms with van der Waals surface area (Å²) in [5.74, 6) is 0.835. The quantitative estimate of drug-likeness (QED) is 0.242. The number of nitrogens with one attached hydrogen (secondary N) is 3. The number of hydrogen-bond acceptors (Lipinski definition) is 3. The van der Waals surface area contributed by atoms with Crippen molar-refractivity contribution < 1.29 is 0 Å². The number of aromatic nitrogens is 1. The maximum absolute atomic E-state index is 4.36. The second kappa shape index (κ2) is 12.2. The van der Waals surface area contributed by atoms with E-state index in [0.717, 1.165) is 58.2 Å². The molecular weight excluding hydrogens is 511 g/mol. The van der Waals surface area contributed by atoms with Crippen molar-refractivity contribution in [3.05, 3.63) is 71.4 Å². The molecule has 1 aromatic heterocycles. The Morgan fingerprint density at radius 1 is 0.969 bits per heavy atom. The molecule has 2 aromatic carbocycles. The fraction of sp³-hybridized carbons (Fsp3) is 0.400. The van der Waals surface area contributed by atoms with Gasteiger partial charge < -0.3 is 20.5 Å². The van der Waals surface area contributed by atoms with Crippen molar-refractivity contribution in [2.75, 3.05) is 46.8 Å². The van der Waals surface area contributed by atoms with Crippen LogP contribution in [0.5, 0.6) is 0 Å². The predicted octanol–water partition coefficient (Wildman–Crippen LogP) is 3.44. The molecule has 0 spiro atoms. The van der Waals surface area contributed by atoms with Crippen LogP contribution < -0.4 is 10.6 Å². The summed E-state index contributed by atoms with van der Waals surface area (Å²) in [5.41, 5.74) is 5.17. The highest BCUT2D eigenvalue weighted by Crippen LogP contribution is 2.17. The van der Waals surface area contributed by atoms with Gasteiger partial charge in [-0.15, -0.1) is 24.0 Å². The minimum Gasteiger partial charge on any atom is -0.361 e. The maximum atomic E-state index is 4.36. The topological polar surface area (TPSA) is 58.7 Å². The molecule has 172 valence electrons. The molecule has 1 saturated heterocycles. The highest BCUT2D eigenvalue weighted by atomic mass is 127. The van der Waals surface area contributed by atoms with E-state index in [9.17, 15) is 0 Å². The first-order chi connectivity index (χ1) is 15.2. The first-order valence-electron chi connectivity index (χ1n) is 11.2. The van der Waals surface area contributed by atoms with E-state index in [1.165, 1.54) is 27.6 Å². The summed E-state index contributed by atoms with van der Waals surface area (Å²) in [6.45, 7) is 7.27. The van der Waals surface area contributed by atoms with Gasteiger partial charge in [-0.1, -0.05) is 42.5 Å². The number of halogens is 1. The number of aliphatic imine (C=N–C) groups is 1. The van der Waals surface area contributed by atoms with E-state index >= 15 is 0 Å². The van der Waals surface area contributed by atoms with Crippen molar-refractivity contribution >= 4 is 40.8 Å². The summed E-state index contributed by atoms with van der Waals surface area (Å²) < 4.78 is 0. The number of hydrogen-bond donors (Lipinski definition) is 3. The van der Waals surface area contributed by atoms with E-state index in [1.54, 1.807) is 0 Å². The monoisotopic (exact) mass is 546 g/mol. The Morgan fingerprint density at radius 2 is 1.69 bits per heavy atom. The summed E-state index contributed by atoms with van der Waals surface area (Å²) >= 11 is 0. The van der Waals surface area contributed by atoms with Crippen LogP contribution in [0.4, 0.5) is 0 Å². The number of aromatic amines is 1. The Labute approximate surface area is 208 Å². The molecule has 6 nitrogen and oxygen atoms in total. The third kappa shape index (κ3) is 6.70. The van der Waals surface area contributed by atoms with Gasteiger partial charge >= 0.3 is 0 Å². The first kappa shape index (κ1) is 24.5. The molecular formula is C25H35IN6. The lowest BCUT2D eigenvalue weighted by Crippen LogP contribution is -2.43. The van der Waals surface area contributed by atoms with Crippen LogP contribution in [-0.4, -0.2) is 67.6 Å². The number of fused-ring (bicyclic) bond motifs is 1. The van der Waals surface area contributed by atoms with Crippen LogP contribution in [0.1, 0.15) is 16.7 Å². The van der Waals surface area contributed by atoms with Crippen LogP contribution in [0.2, 0.25) is 0 Å². The highest BCUT2D eigenvalue weighted by molar-refractivity contribution is 14.0. The molecule has 0 saturated carbocycles.